The van der Waals surface area contributed by atoms with Crippen molar-refractivity contribution in [1.82, 2.24) is 9.78 Å². The number of rotatable bonds is 4. The Morgan fingerprint density at radius 3 is 2.47 bits per heavy atom. The van der Waals surface area contributed by atoms with E-state index in [9.17, 15) is 9.90 Å². The molecule has 1 aromatic carbocycles. The Kier molecular flexibility index (Phi) is 3.69. The average molecular weight is 258 g/mol. The van der Waals surface area contributed by atoms with Gasteiger partial charge in [0.15, 0.2) is 0 Å². The lowest BCUT2D eigenvalue weighted by Gasteiger charge is -2.03. The van der Waals surface area contributed by atoms with Crippen LogP contribution in [0.5, 0.6) is 0 Å². The quantitative estimate of drug-likeness (QED) is 0.916. The number of carbonyl (C=O) groups is 1. The zero-order valence-electron chi connectivity index (χ0n) is 11.4. The summed E-state index contributed by atoms with van der Waals surface area (Å²) in [5, 5.41) is 13.7. The van der Waals surface area contributed by atoms with Crippen LogP contribution >= 0.6 is 0 Å². The molecule has 1 aromatic heterocycles. The summed E-state index contributed by atoms with van der Waals surface area (Å²) in [6, 6.07) is 7.73. The van der Waals surface area contributed by atoms with Gasteiger partial charge in [-0.1, -0.05) is 43.7 Å². The number of benzene rings is 1. The number of hydrogen-bond donors (Lipinski definition) is 1. The standard InChI is InChI=1S/C15H18N2O2/c1-10(2)8-17-9-13(15(18)19)14(16-17)12-6-4-11(3)5-7-12/h4-7,9-10H,8H2,1-3H3,(H,18,19). The molecule has 100 valence electrons. The summed E-state index contributed by atoms with van der Waals surface area (Å²) < 4.78 is 1.71. The first-order chi connectivity index (χ1) is 8.97. The zero-order valence-corrected chi connectivity index (χ0v) is 11.4. The molecule has 2 aromatic rings. The molecule has 1 heterocycles. The summed E-state index contributed by atoms with van der Waals surface area (Å²) >= 11 is 0. The van der Waals surface area contributed by atoms with Gasteiger partial charge in [0.2, 0.25) is 0 Å². The van der Waals surface area contributed by atoms with Gasteiger partial charge < -0.3 is 5.11 Å². The monoisotopic (exact) mass is 258 g/mol. The van der Waals surface area contributed by atoms with Crippen molar-refractivity contribution in [2.24, 2.45) is 5.92 Å². The van der Waals surface area contributed by atoms with E-state index < -0.39 is 5.97 Å². The van der Waals surface area contributed by atoms with Crippen LogP contribution < -0.4 is 0 Å². The van der Waals surface area contributed by atoms with Gasteiger partial charge in [-0.25, -0.2) is 4.79 Å². The maximum atomic E-state index is 11.3. The number of hydrogen-bond acceptors (Lipinski definition) is 2. The van der Waals surface area contributed by atoms with E-state index in [1.54, 1.807) is 10.9 Å². The van der Waals surface area contributed by atoms with E-state index in [1.165, 1.54) is 0 Å². The zero-order chi connectivity index (χ0) is 14.0. The molecular formula is C15H18N2O2. The minimum atomic E-state index is -0.939. The van der Waals surface area contributed by atoms with Crippen LogP contribution in [0.2, 0.25) is 0 Å². The van der Waals surface area contributed by atoms with Crippen LogP contribution in [0, 0.1) is 12.8 Å². The highest BCUT2D eigenvalue weighted by molar-refractivity contribution is 5.94. The van der Waals surface area contributed by atoms with Crippen LogP contribution in [0.3, 0.4) is 0 Å². The summed E-state index contributed by atoms with van der Waals surface area (Å²) in [5.74, 6) is -0.516. The molecule has 19 heavy (non-hydrogen) atoms. The Bertz CT molecular complexity index is 583. The van der Waals surface area contributed by atoms with Gasteiger partial charge in [0.25, 0.3) is 0 Å². The number of aromatic carboxylic acids is 1. The number of carboxylic acids is 1. The van der Waals surface area contributed by atoms with Crippen LogP contribution in [0.25, 0.3) is 11.3 Å². The number of carboxylic acid groups (broad SMARTS) is 1. The molecule has 2 rings (SSSR count). The lowest BCUT2D eigenvalue weighted by Crippen LogP contribution is -2.04. The van der Waals surface area contributed by atoms with Gasteiger partial charge in [-0.3, -0.25) is 4.68 Å². The Balaban J connectivity index is 2.45. The Morgan fingerprint density at radius 1 is 1.32 bits per heavy atom. The fourth-order valence-electron chi connectivity index (χ4n) is 1.97. The highest BCUT2D eigenvalue weighted by atomic mass is 16.4. The van der Waals surface area contributed by atoms with Crippen LogP contribution in [0.15, 0.2) is 30.5 Å². The van der Waals surface area contributed by atoms with Gasteiger partial charge in [0.05, 0.1) is 0 Å². The summed E-state index contributed by atoms with van der Waals surface area (Å²) in [5.41, 5.74) is 2.77. The molecule has 0 spiro atoms. The van der Waals surface area contributed by atoms with E-state index in [4.69, 9.17) is 0 Å². The van der Waals surface area contributed by atoms with Gasteiger partial charge in [0.1, 0.15) is 11.3 Å². The van der Waals surface area contributed by atoms with E-state index in [0.29, 0.717) is 18.2 Å². The van der Waals surface area contributed by atoms with E-state index in [0.717, 1.165) is 11.1 Å². The molecule has 0 unspecified atom stereocenters. The first-order valence-electron chi connectivity index (χ1n) is 6.35. The smallest absolute Gasteiger partial charge is 0.339 e. The molecule has 0 amide bonds. The summed E-state index contributed by atoms with van der Waals surface area (Å²) in [4.78, 5) is 11.3. The van der Waals surface area contributed by atoms with Crippen LogP contribution in [-0.4, -0.2) is 20.9 Å². The normalized spacial score (nSPS) is 10.9. The molecular weight excluding hydrogens is 240 g/mol. The van der Waals surface area contributed by atoms with Gasteiger partial charge >= 0.3 is 5.97 Å². The van der Waals surface area contributed by atoms with Crippen molar-refractivity contribution in [1.29, 1.82) is 0 Å². The maximum absolute atomic E-state index is 11.3. The first-order valence-corrected chi connectivity index (χ1v) is 6.35. The topological polar surface area (TPSA) is 55.1 Å². The van der Waals surface area contributed by atoms with Crippen molar-refractivity contribution in [3.63, 3.8) is 0 Å². The Morgan fingerprint density at radius 2 is 1.95 bits per heavy atom. The third-order valence-corrected chi connectivity index (χ3v) is 2.87. The second-order valence-electron chi connectivity index (χ2n) is 5.18. The molecule has 1 N–H and O–H groups in total. The Hall–Kier alpha value is -2.10. The molecule has 0 aliphatic rings. The summed E-state index contributed by atoms with van der Waals surface area (Å²) in [6.45, 7) is 6.87. The molecule has 0 aliphatic heterocycles. The van der Waals surface area contributed by atoms with Crippen LogP contribution in [-0.2, 0) is 6.54 Å². The summed E-state index contributed by atoms with van der Waals surface area (Å²) in [7, 11) is 0. The predicted octanol–water partition coefficient (Wildman–Crippen LogP) is 3.21. The van der Waals surface area contributed by atoms with Gasteiger partial charge in [-0.15, -0.1) is 0 Å². The van der Waals surface area contributed by atoms with E-state index in [1.807, 2.05) is 31.2 Å². The van der Waals surface area contributed by atoms with Crippen molar-refractivity contribution in [2.75, 3.05) is 0 Å². The van der Waals surface area contributed by atoms with Gasteiger partial charge in [-0.2, -0.15) is 5.10 Å². The minimum absolute atomic E-state index is 0.254. The molecule has 4 heteroatoms. The highest BCUT2D eigenvalue weighted by Crippen LogP contribution is 2.23. The fraction of sp³-hybridized carbons (Fsp3) is 0.333. The van der Waals surface area contributed by atoms with Crippen molar-refractivity contribution in [3.8, 4) is 11.3 Å². The molecule has 0 bridgehead atoms. The number of aromatic nitrogens is 2. The molecule has 0 radical (unpaired) electrons. The van der Waals surface area contributed by atoms with Crippen LogP contribution in [0.1, 0.15) is 29.8 Å². The lowest BCUT2D eigenvalue weighted by atomic mass is 10.1. The predicted molar refractivity (Wildman–Crippen MR) is 74.2 cm³/mol. The molecule has 0 aliphatic carbocycles. The minimum Gasteiger partial charge on any atom is -0.478 e. The third-order valence-electron chi connectivity index (χ3n) is 2.87. The molecule has 0 saturated heterocycles. The van der Waals surface area contributed by atoms with Crippen molar-refractivity contribution in [2.45, 2.75) is 27.3 Å². The van der Waals surface area contributed by atoms with Crippen molar-refractivity contribution >= 4 is 5.97 Å². The summed E-state index contributed by atoms with van der Waals surface area (Å²) in [6.07, 6.45) is 1.61. The second-order valence-corrected chi connectivity index (χ2v) is 5.18. The van der Waals surface area contributed by atoms with Gasteiger partial charge in [-0.05, 0) is 12.8 Å². The van der Waals surface area contributed by atoms with Crippen molar-refractivity contribution < 1.29 is 9.90 Å². The largest absolute Gasteiger partial charge is 0.478 e. The molecule has 0 saturated carbocycles. The lowest BCUT2D eigenvalue weighted by molar-refractivity contribution is 0.0697. The highest BCUT2D eigenvalue weighted by Gasteiger charge is 2.17. The Labute approximate surface area is 112 Å². The number of nitrogens with zero attached hydrogens (tertiary/aromatic N) is 2. The van der Waals surface area contributed by atoms with E-state index in [2.05, 4.69) is 18.9 Å². The third kappa shape index (κ3) is 3.02. The van der Waals surface area contributed by atoms with Crippen LogP contribution in [0.4, 0.5) is 0 Å². The second kappa shape index (κ2) is 5.26. The molecule has 0 atom stereocenters. The van der Waals surface area contributed by atoms with Crippen molar-refractivity contribution in [3.05, 3.63) is 41.6 Å². The first kappa shape index (κ1) is 13.3. The SMILES string of the molecule is Cc1ccc(-c2nn(CC(C)C)cc2C(=O)O)cc1. The number of aryl methyl sites for hydroxylation is 1. The van der Waals surface area contributed by atoms with Gasteiger partial charge in [0, 0.05) is 18.3 Å². The molecule has 4 nitrogen and oxygen atoms in total. The average Bonchev–Trinajstić information content (AvgIpc) is 2.73. The maximum Gasteiger partial charge on any atom is 0.339 e. The molecule has 0 fully saturated rings. The van der Waals surface area contributed by atoms with E-state index >= 15 is 0 Å². The van der Waals surface area contributed by atoms with E-state index in [-0.39, 0.29) is 5.56 Å². The fourth-order valence-corrected chi connectivity index (χ4v) is 1.97.